The molecule has 1 aliphatic carbocycles. The molecule has 1 aliphatic heterocycles. The number of hydrogen-bond donors (Lipinski definition) is 0. The second-order valence-corrected chi connectivity index (χ2v) is 3.90. The highest BCUT2D eigenvalue weighted by atomic mass is 15.1. The Bertz CT molecular complexity index is 110. The molecule has 0 amide bonds. The fourth-order valence-electron chi connectivity index (χ4n) is 2.57. The number of hydrogen-bond acceptors (Lipinski definition) is 1. The Morgan fingerprint density at radius 2 is 1.80 bits per heavy atom. The monoisotopic (exact) mass is 139 g/mol. The summed E-state index contributed by atoms with van der Waals surface area (Å²) in [4.78, 5) is 2.62. The van der Waals surface area contributed by atoms with Gasteiger partial charge in [0.15, 0.2) is 0 Å². The maximum absolute atomic E-state index is 2.62. The molecule has 0 aromatic rings. The first-order valence-corrected chi connectivity index (χ1v) is 4.61. The zero-order valence-corrected chi connectivity index (χ0v) is 6.84. The molecular formula is C9H17N. The average Bonchev–Trinajstić information content (AvgIpc) is 2.30. The molecule has 2 rings (SSSR count). The second kappa shape index (κ2) is 2.54. The third-order valence-corrected chi connectivity index (χ3v) is 3.13. The van der Waals surface area contributed by atoms with Crippen LogP contribution >= 0.6 is 0 Å². The van der Waals surface area contributed by atoms with E-state index in [1.165, 1.54) is 38.9 Å². The zero-order valence-electron chi connectivity index (χ0n) is 6.84. The highest BCUT2D eigenvalue weighted by Crippen LogP contribution is 2.35. The summed E-state index contributed by atoms with van der Waals surface area (Å²) < 4.78 is 0. The Balaban J connectivity index is 1.96. The van der Waals surface area contributed by atoms with Crippen molar-refractivity contribution in [2.45, 2.75) is 26.2 Å². The molecule has 1 nitrogen and oxygen atoms in total. The minimum absolute atomic E-state index is 1.07. The molecule has 2 unspecified atom stereocenters. The van der Waals surface area contributed by atoms with E-state index in [1.807, 2.05) is 0 Å². The summed E-state index contributed by atoms with van der Waals surface area (Å²) in [7, 11) is 0. The molecule has 0 radical (unpaired) electrons. The molecule has 0 aromatic carbocycles. The first-order valence-electron chi connectivity index (χ1n) is 4.61. The van der Waals surface area contributed by atoms with Crippen molar-refractivity contribution >= 4 is 0 Å². The third-order valence-electron chi connectivity index (χ3n) is 3.13. The number of piperidine rings is 1. The smallest absolute Gasteiger partial charge is 0.000977 e. The van der Waals surface area contributed by atoms with Crippen molar-refractivity contribution in [2.24, 2.45) is 11.8 Å². The molecule has 58 valence electrons. The molecule has 10 heavy (non-hydrogen) atoms. The molecule has 1 saturated carbocycles. The van der Waals surface area contributed by atoms with Crippen molar-refractivity contribution < 1.29 is 0 Å². The van der Waals surface area contributed by atoms with E-state index in [0.29, 0.717) is 0 Å². The molecule has 1 saturated heterocycles. The van der Waals surface area contributed by atoms with Crippen LogP contribution in [0.1, 0.15) is 26.2 Å². The topological polar surface area (TPSA) is 3.24 Å². The van der Waals surface area contributed by atoms with Crippen LogP contribution in [0.25, 0.3) is 0 Å². The number of fused-ring (bicyclic) bond motifs is 2. The number of nitrogens with zero attached hydrogens (tertiary/aromatic N) is 1. The molecule has 2 bridgehead atoms. The molecule has 2 fully saturated rings. The van der Waals surface area contributed by atoms with Gasteiger partial charge in [-0.05, 0) is 37.6 Å². The van der Waals surface area contributed by atoms with Gasteiger partial charge < -0.3 is 4.90 Å². The van der Waals surface area contributed by atoms with E-state index in [4.69, 9.17) is 0 Å². The van der Waals surface area contributed by atoms with E-state index in [0.717, 1.165) is 11.8 Å². The van der Waals surface area contributed by atoms with Gasteiger partial charge >= 0.3 is 0 Å². The Morgan fingerprint density at radius 3 is 2.30 bits per heavy atom. The molecule has 2 atom stereocenters. The van der Waals surface area contributed by atoms with Gasteiger partial charge in [-0.15, -0.1) is 0 Å². The van der Waals surface area contributed by atoms with Crippen molar-refractivity contribution in [3.63, 3.8) is 0 Å². The van der Waals surface area contributed by atoms with Crippen molar-refractivity contribution in [3.05, 3.63) is 0 Å². The number of rotatable bonds is 1. The minimum atomic E-state index is 1.07. The summed E-state index contributed by atoms with van der Waals surface area (Å²) in [6.45, 7) is 6.35. The normalized spacial score (nSPS) is 40.5. The van der Waals surface area contributed by atoms with Crippen LogP contribution in [0.15, 0.2) is 0 Å². The van der Waals surface area contributed by atoms with Gasteiger partial charge in [-0.3, -0.25) is 0 Å². The van der Waals surface area contributed by atoms with Crippen molar-refractivity contribution in [1.82, 2.24) is 4.90 Å². The minimum Gasteiger partial charge on any atom is -0.303 e. The molecule has 0 spiro atoms. The van der Waals surface area contributed by atoms with Crippen LogP contribution in [0.5, 0.6) is 0 Å². The fraction of sp³-hybridized carbons (Fsp3) is 1.00. The average molecular weight is 139 g/mol. The van der Waals surface area contributed by atoms with Gasteiger partial charge in [0.1, 0.15) is 0 Å². The van der Waals surface area contributed by atoms with Crippen molar-refractivity contribution in [2.75, 3.05) is 19.6 Å². The Kier molecular flexibility index (Phi) is 1.69. The molecular weight excluding hydrogens is 122 g/mol. The summed E-state index contributed by atoms with van der Waals surface area (Å²) in [6, 6.07) is 0. The van der Waals surface area contributed by atoms with E-state index in [9.17, 15) is 0 Å². The summed E-state index contributed by atoms with van der Waals surface area (Å²) in [5.41, 5.74) is 0. The molecule has 1 heterocycles. The van der Waals surface area contributed by atoms with E-state index in [1.54, 1.807) is 0 Å². The van der Waals surface area contributed by atoms with Gasteiger partial charge in [-0.2, -0.15) is 0 Å². The van der Waals surface area contributed by atoms with Gasteiger partial charge in [0, 0.05) is 13.1 Å². The van der Waals surface area contributed by atoms with Gasteiger partial charge in [-0.25, -0.2) is 0 Å². The summed E-state index contributed by atoms with van der Waals surface area (Å²) in [5, 5.41) is 0. The molecule has 1 heteroatoms. The SMILES string of the molecule is CCN1CC2CCC(C2)C1. The summed E-state index contributed by atoms with van der Waals surface area (Å²) in [5.74, 6) is 2.14. The lowest BCUT2D eigenvalue weighted by Crippen LogP contribution is -2.35. The van der Waals surface area contributed by atoms with Crippen LogP contribution in [0.2, 0.25) is 0 Å². The lowest BCUT2D eigenvalue weighted by atomic mass is 9.99. The Labute approximate surface area is 63.4 Å². The van der Waals surface area contributed by atoms with E-state index < -0.39 is 0 Å². The lowest BCUT2D eigenvalue weighted by molar-refractivity contribution is 0.176. The quantitative estimate of drug-likeness (QED) is 0.535. The maximum atomic E-state index is 2.62. The van der Waals surface area contributed by atoms with Crippen LogP contribution in [0.4, 0.5) is 0 Å². The summed E-state index contributed by atoms with van der Waals surface area (Å²) in [6.07, 6.45) is 4.57. The Morgan fingerprint density at radius 1 is 1.20 bits per heavy atom. The number of likely N-dealkylation sites (tertiary alicyclic amines) is 1. The van der Waals surface area contributed by atoms with Crippen molar-refractivity contribution in [3.8, 4) is 0 Å². The van der Waals surface area contributed by atoms with Gasteiger partial charge in [0.2, 0.25) is 0 Å². The van der Waals surface area contributed by atoms with Crippen molar-refractivity contribution in [1.29, 1.82) is 0 Å². The van der Waals surface area contributed by atoms with Crippen LogP contribution in [0, 0.1) is 11.8 Å². The van der Waals surface area contributed by atoms with E-state index >= 15 is 0 Å². The summed E-state index contributed by atoms with van der Waals surface area (Å²) >= 11 is 0. The predicted molar refractivity (Wildman–Crippen MR) is 42.9 cm³/mol. The van der Waals surface area contributed by atoms with Crippen LogP contribution in [-0.2, 0) is 0 Å². The molecule has 0 aromatic heterocycles. The van der Waals surface area contributed by atoms with E-state index in [-0.39, 0.29) is 0 Å². The maximum Gasteiger partial charge on any atom is 0.000977 e. The molecule has 2 aliphatic rings. The lowest BCUT2D eigenvalue weighted by Gasteiger charge is -2.30. The fourth-order valence-corrected chi connectivity index (χ4v) is 2.57. The first kappa shape index (κ1) is 6.66. The standard InChI is InChI=1S/C9H17N/c1-2-10-6-8-3-4-9(5-8)7-10/h8-9H,2-7H2,1H3. The Hall–Kier alpha value is -0.0400. The third kappa shape index (κ3) is 1.07. The highest BCUT2D eigenvalue weighted by molar-refractivity contribution is 4.84. The second-order valence-electron chi connectivity index (χ2n) is 3.90. The first-order chi connectivity index (χ1) is 4.88. The van der Waals surface area contributed by atoms with Crippen LogP contribution < -0.4 is 0 Å². The van der Waals surface area contributed by atoms with Crippen LogP contribution in [0.3, 0.4) is 0 Å². The van der Waals surface area contributed by atoms with Gasteiger partial charge in [0.05, 0.1) is 0 Å². The van der Waals surface area contributed by atoms with Crippen LogP contribution in [-0.4, -0.2) is 24.5 Å². The van der Waals surface area contributed by atoms with Gasteiger partial charge in [0.25, 0.3) is 0 Å². The van der Waals surface area contributed by atoms with E-state index in [2.05, 4.69) is 11.8 Å². The predicted octanol–water partition coefficient (Wildman–Crippen LogP) is 1.74. The largest absolute Gasteiger partial charge is 0.303 e. The van der Waals surface area contributed by atoms with Gasteiger partial charge in [-0.1, -0.05) is 6.92 Å². The highest BCUT2D eigenvalue weighted by Gasteiger charge is 2.31. The zero-order chi connectivity index (χ0) is 6.97. The molecule has 0 N–H and O–H groups in total.